The zero-order chi connectivity index (χ0) is 48.2. The predicted molar refractivity (Wildman–Crippen MR) is 233 cm³/mol. The Kier molecular flexibility index (Phi) is 18.4. The van der Waals surface area contributed by atoms with Gasteiger partial charge in [-0.1, -0.05) is 11.6 Å². The van der Waals surface area contributed by atoms with Crippen LogP contribution in [0.4, 0.5) is 18.4 Å². The molecule has 65 heavy (non-hydrogen) atoms. The van der Waals surface area contributed by atoms with Crippen molar-refractivity contribution in [3.8, 4) is 29.1 Å². The van der Waals surface area contributed by atoms with Crippen molar-refractivity contribution in [3.05, 3.63) is 77.0 Å². The third-order valence-corrected chi connectivity index (χ3v) is 12.1. The Hall–Kier alpha value is -5.61. The topological polar surface area (TPSA) is 227 Å². The van der Waals surface area contributed by atoms with Crippen LogP contribution in [0.1, 0.15) is 64.5 Å². The van der Waals surface area contributed by atoms with Gasteiger partial charge in [0.1, 0.15) is 30.0 Å². The van der Waals surface area contributed by atoms with Crippen LogP contribution >= 0.6 is 11.6 Å². The van der Waals surface area contributed by atoms with Crippen molar-refractivity contribution in [1.29, 1.82) is 0 Å². The Labute approximate surface area is 382 Å². The van der Waals surface area contributed by atoms with E-state index in [1.807, 2.05) is 20.8 Å². The Morgan fingerprint density at radius 2 is 1.09 bits per heavy atom. The standard InChI is InChI=1S/C21H26FN3O6S.C14H20ClN3O3.C7H7FO3S/c1-13(2)29-21(26)25-9-7-15(8-10-25)30-19-14(3)20(24-12-23-19)31-18-6-5-16(11-17(18)22)32(4,27)28;1-9(2)20-14(19)18-6-4-11(5-7-18)21-13-10(3)12(15)16-8-17-13;1-12(10,11)5-2-3-7(9)6(8)4-5/h5-6,11-13,15H,7-10H2,1-4H3;8-9,11H,4-7H2,1-3H3;2-4,9H,1H3. The zero-order valence-electron chi connectivity index (χ0n) is 37.2. The molecule has 0 radical (unpaired) electrons. The van der Waals surface area contributed by atoms with E-state index in [1.165, 1.54) is 24.8 Å². The molecule has 2 aliphatic rings. The number of rotatable bonds is 10. The minimum Gasteiger partial charge on any atom is -0.505 e. The average molecular weight is 971 g/mol. The van der Waals surface area contributed by atoms with Crippen LogP contribution in [-0.2, 0) is 29.1 Å². The summed E-state index contributed by atoms with van der Waals surface area (Å²) in [7, 11) is -6.93. The summed E-state index contributed by atoms with van der Waals surface area (Å²) in [6.07, 6.45) is 6.30. The molecule has 0 saturated carbocycles. The van der Waals surface area contributed by atoms with E-state index in [0.717, 1.165) is 55.2 Å². The van der Waals surface area contributed by atoms with E-state index in [9.17, 15) is 35.2 Å². The lowest BCUT2D eigenvalue weighted by atomic mass is 10.1. The maximum absolute atomic E-state index is 14.3. The lowest BCUT2D eigenvalue weighted by Gasteiger charge is -2.31. The van der Waals surface area contributed by atoms with Crippen molar-refractivity contribution in [1.82, 2.24) is 29.7 Å². The number of phenols is 1. The van der Waals surface area contributed by atoms with E-state index in [-0.39, 0.29) is 58.0 Å². The maximum Gasteiger partial charge on any atom is 0.410 e. The van der Waals surface area contributed by atoms with Crippen molar-refractivity contribution >= 4 is 43.5 Å². The summed E-state index contributed by atoms with van der Waals surface area (Å²) < 4.78 is 99.6. The molecule has 2 saturated heterocycles. The molecular weight excluding hydrogens is 918 g/mol. The summed E-state index contributed by atoms with van der Waals surface area (Å²) in [6.45, 7) is 13.0. The molecule has 2 fully saturated rings. The molecule has 4 heterocycles. The van der Waals surface area contributed by atoms with E-state index in [1.54, 1.807) is 30.6 Å². The van der Waals surface area contributed by atoms with E-state index >= 15 is 0 Å². The molecule has 2 aromatic carbocycles. The van der Waals surface area contributed by atoms with Crippen LogP contribution in [0.25, 0.3) is 0 Å². The lowest BCUT2D eigenvalue weighted by Crippen LogP contribution is -2.42. The first-order chi connectivity index (χ1) is 30.4. The molecule has 6 rings (SSSR count). The maximum atomic E-state index is 14.3. The highest BCUT2D eigenvalue weighted by Gasteiger charge is 2.28. The summed E-state index contributed by atoms with van der Waals surface area (Å²) >= 11 is 5.94. The number of hydrogen-bond acceptors (Lipinski definition) is 16. The van der Waals surface area contributed by atoms with Gasteiger partial charge in [-0.2, -0.15) is 0 Å². The monoisotopic (exact) mass is 970 g/mol. The lowest BCUT2D eigenvalue weighted by molar-refractivity contribution is 0.0495. The van der Waals surface area contributed by atoms with Crippen LogP contribution < -0.4 is 14.2 Å². The van der Waals surface area contributed by atoms with Crippen LogP contribution in [0.15, 0.2) is 58.8 Å². The molecule has 18 nitrogen and oxygen atoms in total. The van der Waals surface area contributed by atoms with Gasteiger partial charge >= 0.3 is 12.2 Å². The molecular formula is C42H53ClF2N6O12S2. The summed E-state index contributed by atoms with van der Waals surface area (Å²) in [5, 5.41) is 9.14. The number of phenolic OH excluding ortho intramolecular Hbond substituents is 1. The minimum absolute atomic E-state index is 0.0257. The van der Waals surface area contributed by atoms with Gasteiger partial charge in [-0.05, 0) is 77.9 Å². The van der Waals surface area contributed by atoms with E-state index < -0.39 is 37.1 Å². The summed E-state index contributed by atoms with van der Waals surface area (Å²) in [5.41, 5.74) is 1.21. The highest BCUT2D eigenvalue weighted by molar-refractivity contribution is 7.91. The number of sulfone groups is 2. The van der Waals surface area contributed by atoms with Gasteiger partial charge < -0.3 is 38.6 Å². The number of nitrogens with zero attached hydrogens (tertiary/aromatic N) is 6. The molecule has 4 aromatic rings. The number of hydrogen-bond donors (Lipinski definition) is 1. The van der Waals surface area contributed by atoms with Crippen LogP contribution in [0, 0.1) is 25.5 Å². The second kappa shape index (κ2) is 23.0. The summed E-state index contributed by atoms with van der Waals surface area (Å²) in [5.74, 6) is -1.57. The van der Waals surface area contributed by atoms with Gasteiger partial charge in [0.15, 0.2) is 42.8 Å². The smallest absolute Gasteiger partial charge is 0.410 e. The normalized spacial score (nSPS) is 14.7. The molecule has 356 valence electrons. The zero-order valence-corrected chi connectivity index (χ0v) is 39.5. The molecule has 2 amide bonds. The van der Waals surface area contributed by atoms with Crippen LogP contribution in [0.5, 0.6) is 29.1 Å². The third kappa shape index (κ3) is 15.8. The fourth-order valence-electron chi connectivity index (χ4n) is 5.97. The van der Waals surface area contributed by atoms with Crippen LogP contribution in [-0.4, -0.2) is 127 Å². The van der Waals surface area contributed by atoms with E-state index in [4.69, 9.17) is 40.4 Å². The predicted octanol–water partition coefficient (Wildman–Crippen LogP) is 7.27. The highest BCUT2D eigenvalue weighted by atomic mass is 35.5. The number of carbonyl (C=O) groups excluding carboxylic acids is 2. The third-order valence-electron chi connectivity index (χ3n) is 9.48. The first-order valence-electron chi connectivity index (χ1n) is 20.3. The highest BCUT2D eigenvalue weighted by Crippen LogP contribution is 2.32. The summed E-state index contributed by atoms with van der Waals surface area (Å²) in [6, 6.07) is 6.33. The molecule has 0 spiro atoms. The second-order valence-corrected chi connectivity index (χ2v) is 19.9. The Bertz CT molecular complexity index is 2510. The first-order valence-corrected chi connectivity index (χ1v) is 24.5. The molecule has 0 unspecified atom stereocenters. The van der Waals surface area contributed by atoms with E-state index in [0.29, 0.717) is 61.5 Å². The fourth-order valence-corrected chi connectivity index (χ4v) is 7.36. The molecule has 0 bridgehead atoms. The largest absolute Gasteiger partial charge is 0.505 e. The van der Waals surface area contributed by atoms with Crippen LogP contribution in [0.2, 0.25) is 5.15 Å². The van der Waals surface area contributed by atoms with Crippen molar-refractivity contribution in [2.45, 2.75) is 101 Å². The van der Waals surface area contributed by atoms with Gasteiger partial charge in [0, 0.05) is 69.9 Å². The van der Waals surface area contributed by atoms with Gasteiger partial charge in [-0.25, -0.2) is 55.1 Å². The Morgan fingerprint density at radius 3 is 1.52 bits per heavy atom. The molecule has 0 atom stereocenters. The van der Waals surface area contributed by atoms with Crippen molar-refractivity contribution in [2.24, 2.45) is 0 Å². The van der Waals surface area contributed by atoms with Crippen molar-refractivity contribution in [3.63, 3.8) is 0 Å². The molecule has 1 N–H and O–H groups in total. The molecule has 2 aromatic heterocycles. The van der Waals surface area contributed by atoms with Gasteiger partial charge in [0.05, 0.1) is 27.6 Å². The number of benzene rings is 2. The number of amides is 2. The number of aromatic hydroxyl groups is 1. The Morgan fingerprint density at radius 1 is 0.677 bits per heavy atom. The second-order valence-electron chi connectivity index (χ2n) is 15.5. The van der Waals surface area contributed by atoms with Crippen molar-refractivity contribution < 1.29 is 64.0 Å². The van der Waals surface area contributed by atoms with Gasteiger partial charge in [0.2, 0.25) is 17.6 Å². The molecule has 0 aliphatic carbocycles. The number of piperidine rings is 2. The number of carbonyl (C=O) groups is 2. The number of ether oxygens (including phenoxy) is 5. The fraction of sp³-hybridized carbons (Fsp3) is 0.476. The van der Waals surface area contributed by atoms with Gasteiger partial charge in [0.25, 0.3) is 0 Å². The quantitative estimate of drug-likeness (QED) is 0.154. The van der Waals surface area contributed by atoms with Crippen LogP contribution in [0.3, 0.4) is 0 Å². The van der Waals surface area contributed by atoms with Crippen molar-refractivity contribution in [2.75, 3.05) is 38.7 Å². The molecule has 2 aliphatic heterocycles. The first kappa shape index (κ1) is 52.0. The minimum atomic E-state index is -3.54. The number of likely N-dealkylation sites (tertiary alicyclic amines) is 2. The SMILES string of the molecule is CS(=O)(=O)c1ccc(O)c(F)c1.Cc1c(Cl)ncnc1OC1CCN(C(=O)OC(C)C)CC1.Cc1c(Oc2ccc(S(C)(=O)=O)cc2F)ncnc1OC1CCN(C(=O)OC(C)C)CC1. The summed E-state index contributed by atoms with van der Waals surface area (Å²) in [4.78, 5) is 43.1. The van der Waals surface area contributed by atoms with Gasteiger partial charge in [-0.15, -0.1) is 0 Å². The van der Waals surface area contributed by atoms with E-state index in [2.05, 4.69) is 19.9 Å². The molecule has 23 heteroatoms. The van der Waals surface area contributed by atoms with Gasteiger partial charge in [-0.3, -0.25) is 0 Å². The average Bonchev–Trinajstić information content (AvgIpc) is 3.22. The Balaban J connectivity index is 0.000000239. The number of aromatic nitrogens is 4. The number of halogens is 3.